The molecule has 0 aliphatic carbocycles. The molecule has 0 bridgehead atoms. The van der Waals surface area contributed by atoms with Crippen LogP contribution in [0.15, 0.2) is 46.3 Å². The fourth-order valence-electron chi connectivity index (χ4n) is 2.97. The van der Waals surface area contributed by atoms with E-state index in [-0.39, 0.29) is 18.2 Å². The number of carbonyl (C=O) groups is 1. The molecule has 1 amide bonds. The zero-order chi connectivity index (χ0) is 21.0. The molecule has 0 atom stereocenters. The number of sulfonamides is 1. The normalized spacial score (nSPS) is 15.2. The summed E-state index contributed by atoms with van der Waals surface area (Å²) < 4.78 is 36.8. The van der Waals surface area contributed by atoms with Crippen LogP contribution in [-0.2, 0) is 27.1 Å². The maximum Gasteiger partial charge on any atom is 0.251 e. The average Bonchev–Trinajstić information content (AvgIpc) is 3.45. The first-order chi connectivity index (χ1) is 14.5. The molecule has 9 nitrogen and oxygen atoms in total. The number of hydrogen-bond acceptors (Lipinski definition) is 8. The minimum atomic E-state index is -3.41. The third-order valence-corrected chi connectivity index (χ3v) is 7.25. The summed E-state index contributed by atoms with van der Waals surface area (Å²) in [6.07, 6.45) is 0. The topological polar surface area (TPSA) is 115 Å². The second-order valence-electron chi connectivity index (χ2n) is 6.64. The van der Waals surface area contributed by atoms with Gasteiger partial charge in [-0.1, -0.05) is 23.4 Å². The molecule has 1 saturated heterocycles. The maximum absolute atomic E-state index is 12.5. The SMILES string of the molecule is O=C(NCc1nc(-c2cccs2)no1)c1ccc(CS(=O)(=O)N2CCOCC2)cc1. The van der Waals surface area contributed by atoms with Crippen LogP contribution >= 0.6 is 11.3 Å². The summed E-state index contributed by atoms with van der Waals surface area (Å²) in [7, 11) is -3.41. The van der Waals surface area contributed by atoms with Crippen LogP contribution in [0, 0.1) is 0 Å². The summed E-state index contributed by atoms with van der Waals surface area (Å²) in [5, 5.41) is 8.54. The highest BCUT2D eigenvalue weighted by atomic mass is 32.2. The van der Waals surface area contributed by atoms with Gasteiger partial charge in [0.15, 0.2) is 0 Å². The molecule has 1 fully saturated rings. The lowest BCUT2D eigenvalue weighted by Gasteiger charge is -2.26. The van der Waals surface area contributed by atoms with Crippen molar-refractivity contribution in [1.82, 2.24) is 19.8 Å². The number of hydrogen-bond donors (Lipinski definition) is 1. The number of nitrogens with one attached hydrogen (secondary N) is 1. The van der Waals surface area contributed by atoms with Crippen molar-refractivity contribution in [3.8, 4) is 10.7 Å². The highest BCUT2D eigenvalue weighted by Gasteiger charge is 2.24. The highest BCUT2D eigenvalue weighted by Crippen LogP contribution is 2.21. The van der Waals surface area contributed by atoms with Crippen molar-refractivity contribution in [2.75, 3.05) is 26.3 Å². The van der Waals surface area contributed by atoms with Crippen LogP contribution in [0.2, 0.25) is 0 Å². The first-order valence-corrected chi connectivity index (χ1v) is 11.8. The summed E-state index contributed by atoms with van der Waals surface area (Å²) in [5.74, 6) is 0.371. The molecule has 0 spiro atoms. The van der Waals surface area contributed by atoms with E-state index in [1.54, 1.807) is 24.3 Å². The van der Waals surface area contributed by atoms with E-state index in [1.165, 1.54) is 15.6 Å². The molecule has 158 valence electrons. The molecule has 1 aliphatic heterocycles. The Hall–Kier alpha value is -2.60. The average molecular weight is 449 g/mol. The van der Waals surface area contributed by atoms with Gasteiger partial charge < -0.3 is 14.6 Å². The van der Waals surface area contributed by atoms with Gasteiger partial charge in [0.2, 0.25) is 21.7 Å². The smallest absolute Gasteiger partial charge is 0.251 e. The second-order valence-corrected chi connectivity index (χ2v) is 9.55. The van der Waals surface area contributed by atoms with Crippen molar-refractivity contribution >= 4 is 27.3 Å². The van der Waals surface area contributed by atoms with Crippen LogP contribution in [0.1, 0.15) is 21.8 Å². The Kier molecular flexibility index (Phi) is 6.23. The highest BCUT2D eigenvalue weighted by molar-refractivity contribution is 7.88. The monoisotopic (exact) mass is 448 g/mol. The van der Waals surface area contributed by atoms with Gasteiger partial charge in [-0.05, 0) is 29.1 Å². The van der Waals surface area contributed by atoms with E-state index in [2.05, 4.69) is 15.5 Å². The minimum Gasteiger partial charge on any atom is -0.379 e. The number of rotatable bonds is 7. The summed E-state index contributed by atoms with van der Waals surface area (Å²) in [5.41, 5.74) is 1.04. The molecule has 0 radical (unpaired) electrons. The fraction of sp³-hybridized carbons (Fsp3) is 0.316. The van der Waals surface area contributed by atoms with Gasteiger partial charge in [0.25, 0.3) is 5.91 Å². The Bertz CT molecular complexity index is 1090. The maximum atomic E-state index is 12.5. The summed E-state index contributed by atoms with van der Waals surface area (Å²) in [6, 6.07) is 10.3. The number of morpholine rings is 1. The zero-order valence-electron chi connectivity index (χ0n) is 16.0. The fourth-order valence-corrected chi connectivity index (χ4v) is 5.12. The Balaban J connectivity index is 1.33. The third kappa shape index (κ3) is 4.93. The molecule has 0 unspecified atom stereocenters. The number of carbonyl (C=O) groups excluding carboxylic acids is 1. The number of nitrogens with zero attached hydrogens (tertiary/aromatic N) is 3. The van der Waals surface area contributed by atoms with Crippen molar-refractivity contribution in [3.05, 3.63) is 58.8 Å². The van der Waals surface area contributed by atoms with Gasteiger partial charge in [-0.25, -0.2) is 8.42 Å². The lowest BCUT2D eigenvalue weighted by Crippen LogP contribution is -2.41. The number of amides is 1. The van der Waals surface area contributed by atoms with Gasteiger partial charge in [0, 0.05) is 18.7 Å². The Morgan fingerprint density at radius 2 is 1.93 bits per heavy atom. The number of ether oxygens (including phenoxy) is 1. The van der Waals surface area contributed by atoms with Crippen LogP contribution in [0.4, 0.5) is 0 Å². The number of benzene rings is 1. The minimum absolute atomic E-state index is 0.102. The number of aromatic nitrogens is 2. The molecule has 3 aromatic rings. The first-order valence-electron chi connectivity index (χ1n) is 9.30. The molecule has 1 N–H and O–H groups in total. The van der Waals surface area contributed by atoms with Crippen molar-refractivity contribution in [1.29, 1.82) is 0 Å². The van der Waals surface area contributed by atoms with E-state index in [0.29, 0.717) is 49.1 Å². The first kappa shape index (κ1) is 20.7. The van der Waals surface area contributed by atoms with Crippen LogP contribution < -0.4 is 5.32 Å². The summed E-state index contributed by atoms with van der Waals surface area (Å²) in [4.78, 5) is 17.5. The molecular formula is C19H20N4O5S2. The largest absolute Gasteiger partial charge is 0.379 e. The van der Waals surface area contributed by atoms with E-state index in [1.807, 2.05) is 17.5 Å². The lowest BCUT2D eigenvalue weighted by atomic mass is 10.1. The van der Waals surface area contributed by atoms with Gasteiger partial charge in [0.05, 0.1) is 30.4 Å². The van der Waals surface area contributed by atoms with E-state index in [0.717, 1.165) is 4.88 Å². The second kappa shape index (κ2) is 9.04. The predicted octanol–water partition coefficient (Wildman–Crippen LogP) is 1.89. The van der Waals surface area contributed by atoms with E-state index >= 15 is 0 Å². The Morgan fingerprint density at radius 3 is 2.63 bits per heavy atom. The van der Waals surface area contributed by atoms with Crippen LogP contribution in [0.5, 0.6) is 0 Å². The quantitative estimate of drug-likeness (QED) is 0.587. The Morgan fingerprint density at radius 1 is 1.17 bits per heavy atom. The van der Waals surface area contributed by atoms with Gasteiger partial charge in [0.1, 0.15) is 0 Å². The summed E-state index contributed by atoms with van der Waals surface area (Å²) >= 11 is 1.50. The van der Waals surface area contributed by atoms with Crippen LogP contribution in [-0.4, -0.2) is 55.1 Å². The standard InChI is InChI=1S/C19H20N4O5S2/c24-19(20-12-17-21-18(22-28-17)16-2-1-11-29-16)15-5-3-14(4-6-15)13-30(25,26)23-7-9-27-10-8-23/h1-6,11H,7-10,12-13H2,(H,20,24). The van der Waals surface area contributed by atoms with E-state index in [9.17, 15) is 13.2 Å². The van der Waals surface area contributed by atoms with Crippen LogP contribution in [0.25, 0.3) is 10.7 Å². The molecule has 30 heavy (non-hydrogen) atoms. The molecule has 4 rings (SSSR count). The molecule has 1 aliphatic rings. The Labute approximate surface area is 177 Å². The molecule has 1 aromatic carbocycles. The molecule has 2 aromatic heterocycles. The van der Waals surface area contributed by atoms with Gasteiger partial charge in [-0.2, -0.15) is 9.29 Å². The molecule has 11 heteroatoms. The van der Waals surface area contributed by atoms with Gasteiger partial charge >= 0.3 is 0 Å². The van der Waals surface area contributed by atoms with Crippen molar-refractivity contribution < 1.29 is 22.5 Å². The van der Waals surface area contributed by atoms with Crippen LogP contribution in [0.3, 0.4) is 0 Å². The van der Waals surface area contributed by atoms with Crippen molar-refractivity contribution in [2.24, 2.45) is 0 Å². The molecular weight excluding hydrogens is 428 g/mol. The van der Waals surface area contributed by atoms with Gasteiger partial charge in [-0.15, -0.1) is 11.3 Å². The lowest BCUT2D eigenvalue weighted by molar-refractivity contribution is 0.0729. The van der Waals surface area contributed by atoms with E-state index < -0.39 is 10.0 Å². The van der Waals surface area contributed by atoms with Crippen molar-refractivity contribution in [3.63, 3.8) is 0 Å². The number of thiophene rings is 1. The zero-order valence-corrected chi connectivity index (χ0v) is 17.6. The molecule has 3 heterocycles. The summed E-state index contributed by atoms with van der Waals surface area (Å²) in [6.45, 7) is 1.66. The predicted molar refractivity (Wildman–Crippen MR) is 110 cm³/mol. The molecule has 0 saturated carbocycles. The van der Waals surface area contributed by atoms with E-state index in [4.69, 9.17) is 9.26 Å². The van der Waals surface area contributed by atoms with Crippen molar-refractivity contribution in [2.45, 2.75) is 12.3 Å². The third-order valence-electron chi connectivity index (χ3n) is 4.54. The van der Waals surface area contributed by atoms with Gasteiger partial charge in [-0.3, -0.25) is 4.79 Å².